The summed E-state index contributed by atoms with van der Waals surface area (Å²) in [6.07, 6.45) is 15.6. The van der Waals surface area contributed by atoms with E-state index in [9.17, 15) is 4.79 Å². The number of hydrogen-bond donors (Lipinski definition) is 0. The Bertz CT molecular complexity index is 931. The Labute approximate surface area is 205 Å². The fourth-order valence-corrected chi connectivity index (χ4v) is 8.93. The molecule has 34 heavy (non-hydrogen) atoms. The maximum Gasteiger partial charge on any atom is 0.165 e. The van der Waals surface area contributed by atoms with Crippen molar-refractivity contribution in [3.63, 3.8) is 0 Å². The van der Waals surface area contributed by atoms with Crippen LogP contribution in [0.3, 0.4) is 0 Å². The molecule has 4 aliphatic carbocycles. The van der Waals surface area contributed by atoms with Crippen molar-refractivity contribution < 1.29 is 14.3 Å². The van der Waals surface area contributed by atoms with E-state index >= 15 is 0 Å². The molecule has 5 aliphatic rings. The number of Topliss-reactive ketones (excluding diaryl/α,β-unsaturated/α-hetero) is 1. The Morgan fingerprint density at radius 1 is 0.971 bits per heavy atom. The van der Waals surface area contributed by atoms with Crippen LogP contribution in [0.1, 0.15) is 90.0 Å². The number of ether oxygens (including phenoxy) is 2. The molecule has 0 amide bonds. The predicted molar refractivity (Wildman–Crippen MR) is 135 cm³/mol. The first-order valence-corrected chi connectivity index (χ1v) is 14.0. The average molecular weight is 463 g/mol. The van der Waals surface area contributed by atoms with Crippen LogP contribution in [0, 0.1) is 34.5 Å². The lowest BCUT2D eigenvalue weighted by Gasteiger charge is -2.60. The minimum absolute atomic E-state index is 0.0363. The number of fused-ring (bicyclic) bond motifs is 5. The van der Waals surface area contributed by atoms with E-state index in [1.54, 1.807) is 0 Å². The Kier molecular flexibility index (Phi) is 6.01. The molecule has 4 saturated carbocycles. The molecule has 6 rings (SSSR count). The smallest absolute Gasteiger partial charge is 0.165 e. The van der Waals surface area contributed by atoms with Crippen molar-refractivity contribution in [2.75, 3.05) is 6.61 Å². The molecule has 0 radical (unpaired) electrons. The Balaban J connectivity index is 1.18. The molecule has 1 saturated heterocycles. The highest BCUT2D eigenvalue weighted by Gasteiger charge is 2.61. The maximum absolute atomic E-state index is 13.6. The number of allylic oxidation sites excluding steroid dienone is 1. The molecule has 0 bridgehead atoms. The van der Waals surface area contributed by atoms with Gasteiger partial charge in [0.1, 0.15) is 0 Å². The molecule has 0 aromatic heterocycles. The minimum atomic E-state index is -0.149. The van der Waals surface area contributed by atoms with Crippen molar-refractivity contribution in [1.82, 2.24) is 0 Å². The van der Waals surface area contributed by atoms with Crippen LogP contribution in [0.25, 0.3) is 6.08 Å². The van der Waals surface area contributed by atoms with Crippen molar-refractivity contribution >= 4 is 11.9 Å². The molecule has 184 valence electrons. The third kappa shape index (κ3) is 3.82. The topological polar surface area (TPSA) is 35.5 Å². The number of benzene rings is 1. The van der Waals surface area contributed by atoms with Gasteiger partial charge >= 0.3 is 0 Å². The summed E-state index contributed by atoms with van der Waals surface area (Å²) in [5.41, 5.74) is 2.51. The van der Waals surface area contributed by atoms with Gasteiger partial charge in [0.05, 0.1) is 6.10 Å². The molecule has 1 heterocycles. The SMILES string of the molecule is CC12CCC3C(CC[C@H]4CC(OC5CCCCO5)CCC34C)C1C/C(=C\c1ccccc1)C2=O. The minimum Gasteiger partial charge on any atom is -0.353 e. The quantitative estimate of drug-likeness (QED) is 0.352. The highest BCUT2D eigenvalue weighted by Crippen LogP contribution is 2.66. The summed E-state index contributed by atoms with van der Waals surface area (Å²) in [5, 5.41) is 0. The Morgan fingerprint density at radius 3 is 2.62 bits per heavy atom. The van der Waals surface area contributed by atoms with E-state index in [2.05, 4.69) is 44.2 Å². The second-order valence-electron chi connectivity index (χ2n) is 12.6. The van der Waals surface area contributed by atoms with Crippen LogP contribution in [-0.2, 0) is 14.3 Å². The lowest BCUT2D eigenvalue weighted by Crippen LogP contribution is -2.54. The zero-order valence-corrected chi connectivity index (χ0v) is 21.1. The predicted octanol–water partition coefficient (Wildman–Crippen LogP) is 7.20. The molecule has 3 nitrogen and oxygen atoms in total. The molecule has 1 aromatic carbocycles. The standard InChI is InChI=1S/C31H42O3/c1-30-15-13-24(34-28-10-6-7-17-33-28)20-23(30)11-12-25-26(30)14-16-31(2)27(25)19-22(29(31)32)18-21-8-4-3-5-9-21/h3-5,8-9,18,23-28H,6-7,10-17,19-20H2,1-2H3/b22-18+/t23-,24?,25?,26?,27?,28?,30?,31?/m0/s1. The Morgan fingerprint density at radius 2 is 1.82 bits per heavy atom. The van der Waals surface area contributed by atoms with Gasteiger partial charge in [-0.1, -0.05) is 44.2 Å². The summed E-state index contributed by atoms with van der Waals surface area (Å²) in [6, 6.07) is 10.4. The van der Waals surface area contributed by atoms with Crippen molar-refractivity contribution in [2.24, 2.45) is 34.5 Å². The maximum atomic E-state index is 13.6. The molecule has 5 fully saturated rings. The van der Waals surface area contributed by atoms with Gasteiger partial charge in [0.15, 0.2) is 12.1 Å². The number of carbonyl (C=O) groups excluding carboxylic acids is 1. The summed E-state index contributed by atoms with van der Waals surface area (Å²) < 4.78 is 12.3. The molecular formula is C31H42O3. The second kappa shape index (κ2) is 8.89. The van der Waals surface area contributed by atoms with Crippen LogP contribution in [0.4, 0.5) is 0 Å². The van der Waals surface area contributed by atoms with Gasteiger partial charge in [0.25, 0.3) is 0 Å². The lowest BCUT2D eigenvalue weighted by molar-refractivity contribution is -0.211. The van der Waals surface area contributed by atoms with Crippen molar-refractivity contribution in [3.05, 3.63) is 41.5 Å². The zero-order valence-electron chi connectivity index (χ0n) is 21.1. The number of carbonyl (C=O) groups is 1. The van der Waals surface area contributed by atoms with E-state index in [4.69, 9.17) is 9.47 Å². The van der Waals surface area contributed by atoms with E-state index in [-0.39, 0.29) is 11.7 Å². The first kappa shape index (κ1) is 23.0. The van der Waals surface area contributed by atoms with Gasteiger partial charge in [-0.3, -0.25) is 4.79 Å². The highest BCUT2D eigenvalue weighted by atomic mass is 16.7. The molecule has 3 heteroatoms. The fraction of sp³-hybridized carbons (Fsp3) is 0.710. The van der Waals surface area contributed by atoms with Crippen LogP contribution in [0.15, 0.2) is 35.9 Å². The van der Waals surface area contributed by atoms with Gasteiger partial charge in [-0.2, -0.15) is 0 Å². The van der Waals surface area contributed by atoms with E-state index in [1.807, 2.05) is 6.07 Å². The molecule has 1 aromatic rings. The highest BCUT2D eigenvalue weighted by molar-refractivity contribution is 6.05. The summed E-state index contributed by atoms with van der Waals surface area (Å²) in [6.45, 7) is 5.76. The fourth-order valence-electron chi connectivity index (χ4n) is 8.93. The number of rotatable bonds is 3. The van der Waals surface area contributed by atoms with Gasteiger partial charge in [-0.25, -0.2) is 0 Å². The monoisotopic (exact) mass is 462 g/mol. The summed E-state index contributed by atoms with van der Waals surface area (Å²) in [4.78, 5) is 13.6. The molecule has 0 spiro atoms. The van der Waals surface area contributed by atoms with Gasteiger partial charge < -0.3 is 9.47 Å². The van der Waals surface area contributed by atoms with E-state index in [1.165, 1.54) is 56.9 Å². The number of ketones is 1. The second-order valence-corrected chi connectivity index (χ2v) is 12.6. The third-order valence-corrected chi connectivity index (χ3v) is 10.9. The molecule has 0 N–H and O–H groups in total. The third-order valence-electron chi connectivity index (χ3n) is 10.9. The Hall–Kier alpha value is -1.45. The summed E-state index contributed by atoms with van der Waals surface area (Å²) >= 11 is 0. The zero-order chi connectivity index (χ0) is 23.3. The molecular weight excluding hydrogens is 420 g/mol. The van der Waals surface area contributed by atoms with Gasteiger partial charge in [-0.05, 0) is 117 Å². The van der Waals surface area contributed by atoms with Crippen LogP contribution in [0.5, 0.6) is 0 Å². The van der Waals surface area contributed by atoms with Crippen molar-refractivity contribution in [2.45, 2.75) is 96.9 Å². The van der Waals surface area contributed by atoms with Gasteiger partial charge in [0.2, 0.25) is 0 Å². The first-order valence-electron chi connectivity index (χ1n) is 14.0. The summed E-state index contributed by atoms with van der Waals surface area (Å²) in [7, 11) is 0. The van der Waals surface area contributed by atoms with E-state index in [0.29, 0.717) is 29.1 Å². The molecule has 1 aliphatic heterocycles. The molecule has 7 unspecified atom stereocenters. The largest absolute Gasteiger partial charge is 0.353 e. The van der Waals surface area contributed by atoms with E-state index < -0.39 is 0 Å². The first-order chi connectivity index (χ1) is 16.5. The van der Waals surface area contributed by atoms with E-state index in [0.717, 1.165) is 43.3 Å². The van der Waals surface area contributed by atoms with Crippen molar-refractivity contribution in [3.8, 4) is 0 Å². The van der Waals surface area contributed by atoms with Crippen molar-refractivity contribution in [1.29, 1.82) is 0 Å². The summed E-state index contributed by atoms with van der Waals surface area (Å²) in [5.74, 6) is 3.19. The normalized spacial score (nSPS) is 45.5. The van der Waals surface area contributed by atoms with Crippen LogP contribution < -0.4 is 0 Å². The molecule has 8 atom stereocenters. The average Bonchev–Trinajstić information content (AvgIpc) is 3.11. The number of hydrogen-bond acceptors (Lipinski definition) is 3. The van der Waals surface area contributed by atoms with Gasteiger partial charge in [-0.15, -0.1) is 0 Å². The van der Waals surface area contributed by atoms with Crippen LogP contribution in [0.2, 0.25) is 0 Å². The lowest BCUT2D eigenvalue weighted by atomic mass is 9.45. The van der Waals surface area contributed by atoms with Crippen LogP contribution >= 0.6 is 0 Å². The van der Waals surface area contributed by atoms with Crippen LogP contribution in [-0.4, -0.2) is 24.8 Å². The van der Waals surface area contributed by atoms with Gasteiger partial charge in [0, 0.05) is 12.0 Å².